The largest absolute Gasteiger partial charge is 0.569 e. The summed E-state index contributed by atoms with van der Waals surface area (Å²) < 4.78 is 45.1. The van der Waals surface area contributed by atoms with Crippen molar-refractivity contribution in [1.82, 2.24) is 0 Å². The summed E-state index contributed by atoms with van der Waals surface area (Å²) in [6.45, 7) is 0. The first-order valence-corrected chi connectivity index (χ1v) is 18.2. The second-order valence-corrected chi connectivity index (χ2v) is 18.6. The molecule has 2 heterocycles. The van der Waals surface area contributed by atoms with E-state index in [0.29, 0.717) is 21.0 Å². The summed E-state index contributed by atoms with van der Waals surface area (Å²) in [6, 6.07) is 0. The van der Waals surface area contributed by atoms with Gasteiger partial charge >= 0.3 is 57.2 Å². The van der Waals surface area contributed by atoms with Crippen molar-refractivity contribution in [2.75, 3.05) is 0 Å². The van der Waals surface area contributed by atoms with Crippen LogP contribution in [0.15, 0.2) is 0 Å². The van der Waals surface area contributed by atoms with Crippen LogP contribution in [0.3, 0.4) is 0 Å². The van der Waals surface area contributed by atoms with Crippen LogP contribution in [-0.2, 0) is 135 Å². The van der Waals surface area contributed by atoms with Crippen molar-refractivity contribution >= 4 is 98.1 Å². The van der Waals surface area contributed by atoms with Crippen molar-refractivity contribution in [3.8, 4) is 0 Å². The standard InChI is InChI=1S/H8O8Si6.H8O4Si3.H3O3Si.2H2O.3Y/c1-11-3-10-4-13-6-12(2-9)7-14(5-11)8-13;1-6-4-7(2)3-5;1-4(2)3;;;;;/h1,12-13H,10H2,9H3;1-2,7H,6H2,5H3;1-3H;2*1H2;;;. The van der Waals surface area contributed by atoms with Crippen LogP contribution in [0.2, 0.25) is 0 Å². The molecule has 30 heteroatoms. The van der Waals surface area contributed by atoms with Gasteiger partial charge in [0.1, 0.15) is 21.0 Å². The smallest absolute Gasteiger partial charge is 0.428 e. The molecule has 0 aromatic heterocycles. The summed E-state index contributed by atoms with van der Waals surface area (Å²) in [5.74, 6) is 0. The topological polar surface area (TPSA) is 267 Å². The predicted molar refractivity (Wildman–Crippen MR) is 106 cm³/mol. The molecule has 2 saturated heterocycles. The van der Waals surface area contributed by atoms with Gasteiger partial charge in [0.25, 0.3) is 20.0 Å². The van der Waals surface area contributed by atoms with Gasteiger partial charge in [-0.1, -0.05) is 0 Å². The van der Waals surface area contributed by atoms with Crippen LogP contribution in [0.25, 0.3) is 0 Å². The fourth-order valence-corrected chi connectivity index (χ4v) is 16.3. The van der Waals surface area contributed by atoms with Gasteiger partial charge in [-0.3, -0.25) is 0 Å². The first-order valence-electron chi connectivity index (χ1n) is 6.06. The van der Waals surface area contributed by atoms with Gasteiger partial charge in [-0.15, -0.1) is 0 Å². The molecule has 0 spiro atoms. The molecular weight excluding hydrogens is 820 g/mol. The summed E-state index contributed by atoms with van der Waals surface area (Å²) >= 11 is 0. The molecule has 0 amide bonds. The molecule has 3 atom stereocenters. The molecule has 2 aliphatic heterocycles. The fourth-order valence-electron chi connectivity index (χ4n) is 0.929. The van der Waals surface area contributed by atoms with E-state index in [-0.39, 0.29) is 109 Å². The van der Waals surface area contributed by atoms with Crippen LogP contribution in [0.5, 0.6) is 0 Å². The number of fused-ring (bicyclic) bond motifs is 2. The summed E-state index contributed by atoms with van der Waals surface area (Å²) in [6.07, 6.45) is 0. The maximum Gasteiger partial charge on any atom is 0.569 e. The monoisotopic (exact) mass is 842 g/mol. The average Bonchev–Trinajstić information content (AvgIpc) is 2.53. The van der Waals surface area contributed by atoms with Gasteiger partial charge < -0.3 is 76.8 Å². The molecule has 2 rings (SSSR count). The SMILES string of the molecule is O.O.O[SiH2]O[SiH](O)O[SiH3].O[Si](O)O.O[Si]1O[SiH2]O[SiH]2O[Si](O1)O[SiH](O[SiH3])O2.[Y].[Y].[Y]. The Hall–Kier alpha value is 4.80. The summed E-state index contributed by atoms with van der Waals surface area (Å²) in [5, 5.41) is 0. The average molecular weight is 843 g/mol. The van der Waals surface area contributed by atoms with Crippen molar-refractivity contribution in [3.63, 3.8) is 0 Å². The van der Waals surface area contributed by atoms with Crippen LogP contribution >= 0.6 is 0 Å². The Labute approximate surface area is 269 Å². The summed E-state index contributed by atoms with van der Waals surface area (Å²) in [5.41, 5.74) is 0. The van der Waals surface area contributed by atoms with E-state index in [4.69, 9.17) is 52.8 Å². The fraction of sp³-hybridized carbons (Fsp3) is 0. The Kier molecular flexibility index (Phi) is 50.9. The minimum atomic E-state index is -2.88. The molecule has 17 nitrogen and oxygen atoms in total. The first-order chi connectivity index (χ1) is 11.8. The van der Waals surface area contributed by atoms with Crippen molar-refractivity contribution in [3.05, 3.63) is 0 Å². The molecule has 30 heavy (non-hydrogen) atoms. The molecule has 2 aliphatic rings. The van der Waals surface area contributed by atoms with E-state index < -0.39 is 77.2 Å². The molecular formula is H23O17Si10Y3. The maximum atomic E-state index is 9.22. The van der Waals surface area contributed by atoms with Gasteiger partial charge in [-0.05, 0) is 0 Å². The quantitative estimate of drug-likeness (QED) is 0.144. The second kappa shape index (κ2) is 31.8. The van der Waals surface area contributed by atoms with Crippen LogP contribution in [0.4, 0.5) is 0 Å². The Morgan fingerprint density at radius 2 is 1.63 bits per heavy atom. The molecule has 6 radical (unpaired) electrons. The molecule has 0 saturated carbocycles. The summed E-state index contributed by atoms with van der Waals surface area (Å²) in [4.78, 5) is 47.6. The van der Waals surface area contributed by atoms with E-state index in [9.17, 15) is 4.80 Å². The van der Waals surface area contributed by atoms with E-state index in [1.807, 2.05) is 0 Å². The van der Waals surface area contributed by atoms with Gasteiger partial charge in [-0.25, -0.2) is 0 Å². The van der Waals surface area contributed by atoms with Gasteiger partial charge in [0.2, 0.25) is 0 Å². The zero-order chi connectivity index (χ0) is 19.2. The van der Waals surface area contributed by atoms with E-state index in [2.05, 4.69) is 8.23 Å². The van der Waals surface area contributed by atoms with Crippen LogP contribution in [0, 0.1) is 0 Å². The molecule has 10 N–H and O–H groups in total. The van der Waals surface area contributed by atoms with Crippen molar-refractivity contribution in [1.29, 1.82) is 0 Å². The van der Waals surface area contributed by atoms with Gasteiger partial charge in [0.15, 0.2) is 0 Å². The third-order valence-corrected chi connectivity index (χ3v) is 16.0. The minimum Gasteiger partial charge on any atom is -0.428 e. The Balaban J connectivity index is -0.0000000788. The minimum absolute atomic E-state index is 0. The zero-order valence-corrected chi connectivity index (χ0v) is 37.5. The van der Waals surface area contributed by atoms with E-state index >= 15 is 0 Å². The van der Waals surface area contributed by atoms with Gasteiger partial charge in [-0.2, -0.15) is 0 Å². The molecule has 2 bridgehead atoms. The zero-order valence-electron chi connectivity index (χ0n) is 15.7. The molecule has 0 aromatic rings. The second-order valence-electron chi connectivity index (χ2n) is 3.37. The van der Waals surface area contributed by atoms with Crippen LogP contribution < -0.4 is 0 Å². The number of rotatable bonds is 4. The van der Waals surface area contributed by atoms with Crippen molar-refractivity contribution < 1.29 is 175 Å². The third-order valence-electron chi connectivity index (χ3n) is 1.78. The number of hydrogen-bond acceptors (Lipinski definition) is 15. The van der Waals surface area contributed by atoms with Crippen LogP contribution in [0.1, 0.15) is 0 Å². The number of hydrogen-bond donors (Lipinski definition) is 6. The third kappa shape index (κ3) is 29.0. The maximum absolute atomic E-state index is 9.22. The van der Waals surface area contributed by atoms with E-state index in [1.165, 1.54) is 0 Å². The van der Waals surface area contributed by atoms with E-state index in [1.54, 1.807) is 0 Å². The van der Waals surface area contributed by atoms with Crippen molar-refractivity contribution in [2.24, 2.45) is 0 Å². The summed E-state index contributed by atoms with van der Waals surface area (Å²) in [7, 11) is -15.3. The van der Waals surface area contributed by atoms with E-state index in [0.717, 1.165) is 0 Å². The molecule has 0 aromatic carbocycles. The Morgan fingerprint density at radius 3 is 2.03 bits per heavy atom. The van der Waals surface area contributed by atoms with Crippen molar-refractivity contribution in [2.45, 2.75) is 0 Å². The predicted octanol–water partition coefficient (Wildman–Crippen LogP) is -12.9. The molecule has 174 valence electrons. The Morgan fingerprint density at radius 1 is 1.10 bits per heavy atom. The normalized spacial score (nSPS) is 22.9. The van der Waals surface area contributed by atoms with Gasteiger partial charge in [0, 0.05) is 98.1 Å². The molecule has 0 aliphatic carbocycles. The van der Waals surface area contributed by atoms with Crippen LogP contribution in [-0.4, -0.2) is 138 Å². The first kappa shape index (κ1) is 47.9. The molecule has 3 unspecified atom stereocenters. The van der Waals surface area contributed by atoms with Gasteiger partial charge in [0.05, 0.1) is 0 Å². The Bertz CT molecular complexity index is 312. The molecule has 2 fully saturated rings.